The van der Waals surface area contributed by atoms with Crippen LogP contribution < -0.4 is 5.73 Å². The van der Waals surface area contributed by atoms with E-state index in [2.05, 4.69) is 0 Å². The van der Waals surface area contributed by atoms with Crippen molar-refractivity contribution >= 4 is 11.9 Å². The van der Waals surface area contributed by atoms with Crippen molar-refractivity contribution in [2.75, 3.05) is 27.2 Å². The van der Waals surface area contributed by atoms with E-state index >= 15 is 0 Å². The molecule has 1 atom stereocenters. The molecule has 0 fully saturated rings. The van der Waals surface area contributed by atoms with Crippen LogP contribution in [0.3, 0.4) is 0 Å². The molecule has 0 aromatic heterocycles. The maximum atomic E-state index is 11.6. The highest BCUT2D eigenvalue weighted by Gasteiger charge is 2.16. The standard InChI is InChI=1S/C9H20N4O/c1-5-12(3)9(14)13(4)6-7(2)8(10)11/h7H,5-6H2,1-4H3,(H3,10,11). The van der Waals surface area contributed by atoms with Crippen molar-refractivity contribution < 1.29 is 4.79 Å². The fourth-order valence-corrected chi connectivity index (χ4v) is 1.01. The molecule has 5 heteroatoms. The number of hydrogen-bond acceptors (Lipinski definition) is 2. The fourth-order valence-electron chi connectivity index (χ4n) is 1.01. The van der Waals surface area contributed by atoms with Crippen molar-refractivity contribution in [2.24, 2.45) is 11.7 Å². The van der Waals surface area contributed by atoms with Crippen LogP contribution in [0.1, 0.15) is 13.8 Å². The summed E-state index contributed by atoms with van der Waals surface area (Å²) in [5.41, 5.74) is 5.32. The van der Waals surface area contributed by atoms with Crippen LogP contribution in [-0.4, -0.2) is 48.9 Å². The van der Waals surface area contributed by atoms with Crippen molar-refractivity contribution in [3.8, 4) is 0 Å². The van der Waals surface area contributed by atoms with E-state index in [9.17, 15) is 4.79 Å². The van der Waals surface area contributed by atoms with Gasteiger partial charge in [-0.1, -0.05) is 6.92 Å². The van der Waals surface area contributed by atoms with E-state index < -0.39 is 0 Å². The third-order valence-corrected chi connectivity index (χ3v) is 2.21. The molecule has 0 rings (SSSR count). The average Bonchev–Trinajstić information content (AvgIpc) is 2.14. The Balaban J connectivity index is 4.14. The van der Waals surface area contributed by atoms with E-state index in [1.165, 1.54) is 0 Å². The third kappa shape index (κ3) is 3.64. The summed E-state index contributed by atoms with van der Waals surface area (Å²) >= 11 is 0. The molecular formula is C9H20N4O. The number of nitrogens with one attached hydrogen (secondary N) is 1. The molecule has 0 saturated carbocycles. The normalized spacial score (nSPS) is 12.0. The average molecular weight is 200 g/mol. The Bertz CT molecular complexity index is 217. The second kappa shape index (κ2) is 5.47. The highest BCUT2D eigenvalue weighted by molar-refractivity contribution is 5.80. The van der Waals surface area contributed by atoms with Gasteiger partial charge in [0.15, 0.2) is 0 Å². The van der Waals surface area contributed by atoms with Gasteiger partial charge in [0, 0.05) is 33.1 Å². The summed E-state index contributed by atoms with van der Waals surface area (Å²) < 4.78 is 0. The predicted molar refractivity (Wildman–Crippen MR) is 57.4 cm³/mol. The molecule has 0 radical (unpaired) electrons. The number of nitrogens with zero attached hydrogens (tertiary/aromatic N) is 2. The SMILES string of the molecule is CCN(C)C(=O)N(C)CC(C)C(=N)N. The van der Waals surface area contributed by atoms with E-state index in [0.717, 1.165) is 0 Å². The number of amidine groups is 1. The third-order valence-electron chi connectivity index (χ3n) is 2.21. The minimum atomic E-state index is -0.0887. The van der Waals surface area contributed by atoms with Gasteiger partial charge in [0.1, 0.15) is 0 Å². The summed E-state index contributed by atoms with van der Waals surface area (Å²) in [6.07, 6.45) is 0. The lowest BCUT2D eigenvalue weighted by atomic mass is 10.1. The first-order valence-electron chi connectivity index (χ1n) is 4.70. The smallest absolute Gasteiger partial charge is 0.319 e. The molecule has 14 heavy (non-hydrogen) atoms. The highest BCUT2D eigenvalue weighted by Crippen LogP contribution is 2.00. The summed E-state index contributed by atoms with van der Waals surface area (Å²) in [6, 6.07) is -0.0411. The number of carbonyl (C=O) groups is 1. The first-order chi connectivity index (χ1) is 6.40. The van der Waals surface area contributed by atoms with Gasteiger partial charge >= 0.3 is 6.03 Å². The van der Waals surface area contributed by atoms with Crippen molar-refractivity contribution in [1.29, 1.82) is 5.41 Å². The number of urea groups is 1. The topological polar surface area (TPSA) is 73.4 Å². The van der Waals surface area contributed by atoms with E-state index in [0.29, 0.717) is 13.1 Å². The zero-order valence-electron chi connectivity index (χ0n) is 9.37. The minimum absolute atomic E-state index is 0.0411. The first-order valence-corrected chi connectivity index (χ1v) is 4.70. The number of nitrogens with two attached hydrogens (primary N) is 1. The summed E-state index contributed by atoms with van der Waals surface area (Å²) in [5, 5.41) is 7.21. The molecule has 0 spiro atoms. The molecule has 1 unspecified atom stereocenters. The van der Waals surface area contributed by atoms with E-state index in [-0.39, 0.29) is 17.8 Å². The van der Waals surface area contributed by atoms with Gasteiger partial charge in [-0.3, -0.25) is 5.41 Å². The maximum absolute atomic E-state index is 11.6. The Morgan fingerprint density at radius 1 is 1.43 bits per heavy atom. The van der Waals surface area contributed by atoms with E-state index in [1.54, 1.807) is 23.9 Å². The molecule has 82 valence electrons. The second-order valence-corrected chi connectivity index (χ2v) is 3.53. The van der Waals surface area contributed by atoms with Crippen LogP contribution in [-0.2, 0) is 0 Å². The first kappa shape index (κ1) is 12.7. The monoisotopic (exact) mass is 200 g/mol. The Hall–Kier alpha value is -1.26. The van der Waals surface area contributed by atoms with Gasteiger partial charge in [-0.2, -0.15) is 0 Å². The molecule has 0 aromatic rings. The molecule has 3 N–H and O–H groups in total. The maximum Gasteiger partial charge on any atom is 0.319 e. The molecule has 0 bridgehead atoms. The molecule has 2 amide bonds. The summed E-state index contributed by atoms with van der Waals surface area (Å²) in [6.45, 7) is 4.91. The van der Waals surface area contributed by atoms with Crippen LogP contribution >= 0.6 is 0 Å². The molecule has 0 saturated heterocycles. The summed E-state index contributed by atoms with van der Waals surface area (Å²) in [7, 11) is 3.46. The number of hydrogen-bond donors (Lipinski definition) is 2. The molecule has 0 aliphatic carbocycles. The number of rotatable bonds is 4. The highest BCUT2D eigenvalue weighted by atomic mass is 16.2. The molecule has 0 heterocycles. The van der Waals surface area contributed by atoms with Gasteiger partial charge in [0.05, 0.1) is 5.84 Å². The lowest BCUT2D eigenvalue weighted by Gasteiger charge is -2.25. The summed E-state index contributed by atoms with van der Waals surface area (Å²) in [4.78, 5) is 14.8. The zero-order chi connectivity index (χ0) is 11.3. The van der Waals surface area contributed by atoms with Crippen LogP contribution in [0.4, 0.5) is 4.79 Å². The number of amides is 2. The van der Waals surface area contributed by atoms with E-state index in [4.69, 9.17) is 11.1 Å². The zero-order valence-corrected chi connectivity index (χ0v) is 9.37. The van der Waals surface area contributed by atoms with Gasteiger partial charge in [0.25, 0.3) is 0 Å². The van der Waals surface area contributed by atoms with Gasteiger partial charge in [-0.15, -0.1) is 0 Å². The molecule has 0 aromatic carbocycles. The number of carbonyl (C=O) groups excluding carboxylic acids is 1. The molecule has 5 nitrogen and oxygen atoms in total. The van der Waals surface area contributed by atoms with E-state index in [1.807, 2.05) is 13.8 Å². The molecule has 0 aliphatic heterocycles. The van der Waals surface area contributed by atoms with Crippen molar-refractivity contribution in [2.45, 2.75) is 13.8 Å². The lowest BCUT2D eigenvalue weighted by molar-refractivity contribution is 0.173. The van der Waals surface area contributed by atoms with Crippen LogP contribution in [0, 0.1) is 11.3 Å². The Labute approximate surface area is 85.4 Å². The Kier molecular flexibility index (Phi) is 4.97. The van der Waals surface area contributed by atoms with Crippen molar-refractivity contribution in [3.05, 3.63) is 0 Å². The van der Waals surface area contributed by atoms with Crippen LogP contribution in [0.15, 0.2) is 0 Å². The van der Waals surface area contributed by atoms with Gasteiger partial charge in [0.2, 0.25) is 0 Å². The van der Waals surface area contributed by atoms with Gasteiger partial charge in [-0.05, 0) is 6.92 Å². The Morgan fingerprint density at radius 2 is 1.93 bits per heavy atom. The second-order valence-electron chi connectivity index (χ2n) is 3.53. The van der Waals surface area contributed by atoms with Crippen LogP contribution in [0.25, 0.3) is 0 Å². The van der Waals surface area contributed by atoms with Crippen LogP contribution in [0.5, 0.6) is 0 Å². The predicted octanol–water partition coefficient (Wildman–Crippen LogP) is 0.562. The lowest BCUT2D eigenvalue weighted by Crippen LogP contribution is -2.42. The molecule has 0 aliphatic rings. The van der Waals surface area contributed by atoms with Crippen molar-refractivity contribution in [1.82, 2.24) is 9.80 Å². The Morgan fingerprint density at radius 3 is 2.29 bits per heavy atom. The molecular weight excluding hydrogens is 180 g/mol. The van der Waals surface area contributed by atoms with Gasteiger partial charge < -0.3 is 15.5 Å². The fraction of sp³-hybridized carbons (Fsp3) is 0.778. The van der Waals surface area contributed by atoms with Crippen LogP contribution in [0.2, 0.25) is 0 Å². The largest absolute Gasteiger partial charge is 0.387 e. The minimum Gasteiger partial charge on any atom is -0.387 e. The summed E-state index contributed by atoms with van der Waals surface area (Å²) in [5.74, 6) is 0.0259. The van der Waals surface area contributed by atoms with Crippen molar-refractivity contribution in [3.63, 3.8) is 0 Å². The van der Waals surface area contributed by atoms with Gasteiger partial charge in [-0.25, -0.2) is 4.79 Å². The quantitative estimate of drug-likeness (QED) is 0.514.